The highest BCUT2D eigenvalue weighted by atomic mass is 79.9. The van der Waals surface area contributed by atoms with Crippen molar-refractivity contribution >= 4 is 27.5 Å². The van der Waals surface area contributed by atoms with Gasteiger partial charge in [0.15, 0.2) is 5.65 Å². The number of benzene rings is 1. The number of pyridine rings is 1. The summed E-state index contributed by atoms with van der Waals surface area (Å²) in [6, 6.07) is 11.9. The van der Waals surface area contributed by atoms with Gasteiger partial charge in [-0.3, -0.25) is 0 Å². The summed E-state index contributed by atoms with van der Waals surface area (Å²) in [7, 11) is 1.68. The van der Waals surface area contributed by atoms with Gasteiger partial charge in [-0.2, -0.15) is 4.98 Å². The summed E-state index contributed by atoms with van der Waals surface area (Å²) in [5.41, 5.74) is 2.04. The molecule has 0 fully saturated rings. The second-order valence-corrected chi connectivity index (χ2v) is 5.53. The predicted molar refractivity (Wildman–Crippen MR) is 85.9 cm³/mol. The maximum absolute atomic E-state index is 5.22. The topological polar surface area (TPSA) is 51.5 Å². The molecule has 0 aliphatic rings. The van der Waals surface area contributed by atoms with E-state index in [2.05, 4.69) is 37.4 Å². The van der Waals surface area contributed by atoms with E-state index in [1.54, 1.807) is 11.6 Å². The minimum Gasteiger partial charge on any atom is -0.497 e. The standard InChI is InChI=1S/C15H15BrN4O/c1-21-13-4-2-3-11(9-13)7-8-17-15-18-14-6-5-12(16)10-20(14)19-15/h2-6,9-10H,7-8H2,1H3,(H,17,19). The van der Waals surface area contributed by atoms with Crippen molar-refractivity contribution in [3.63, 3.8) is 0 Å². The highest BCUT2D eigenvalue weighted by molar-refractivity contribution is 9.10. The van der Waals surface area contributed by atoms with Gasteiger partial charge in [0.25, 0.3) is 0 Å². The number of halogens is 1. The number of nitrogens with one attached hydrogen (secondary N) is 1. The van der Waals surface area contributed by atoms with Gasteiger partial charge < -0.3 is 10.1 Å². The van der Waals surface area contributed by atoms with Gasteiger partial charge in [0.2, 0.25) is 5.95 Å². The van der Waals surface area contributed by atoms with Crippen molar-refractivity contribution in [2.75, 3.05) is 19.0 Å². The molecule has 0 aliphatic heterocycles. The summed E-state index contributed by atoms with van der Waals surface area (Å²) < 4.78 is 7.94. The molecule has 0 bridgehead atoms. The molecule has 21 heavy (non-hydrogen) atoms. The number of hydrogen-bond donors (Lipinski definition) is 1. The fourth-order valence-corrected chi connectivity index (χ4v) is 2.41. The minimum atomic E-state index is 0.635. The molecule has 108 valence electrons. The van der Waals surface area contributed by atoms with Crippen LogP contribution in [0, 0.1) is 0 Å². The lowest BCUT2D eigenvalue weighted by molar-refractivity contribution is 0.414. The molecule has 1 aromatic carbocycles. The van der Waals surface area contributed by atoms with Crippen LogP contribution in [0.25, 0.3) is 5.65 Å². The van der Waals surface area contributed by atoms with Gasteiger partial charge in [-0.25, -0.2) is 4.52 Å². The van der Waals surface area contributed by atoms with E-state index in [1.165, 1.54) is 5.56 Å². The zero-order valence-electron chi connectivity index (χ0n) is 11.6. The van der Waals surface area contributed by atoms with Gasteiger partial charge in [0.05, 0.1) is 7.11 Å². The van der Waals surface area contributed by atoms with Gasteiger partial charge in [0, 0.05) is 17.2 Å². The molecular weight excluding hydrogens is 332 g/mol. The van der Waals surface area contributed by atoms with E-state index >= 15 is 0 Å². The van der Waals surface area contributed by atoms with Crippen molar-refractivity contribution in [3.8, 4) is 5.75 Å². The molecule has 0 unspecified atom stereocenters. The summed E-state index contributed by atoms with van der Waals surface area (Å²) in [5.74, 6) is 1.51. The third-order valence-electron chi connectivity index (χ3n) is 3.13. The smallest absolute Gasteiger partial charge is 0.243 e. The number of hydrogen-bond acceptors (Lipinski definition) is 4. The maximum atomic E-state index is 5.22. The molecule has 0 amide bonds. The molecule has 0 saturated heterocycles. The third kappa shape index (κ3) is 3.33. The van der Waals surface area contributed by atoms with Crippen LogP contribution in [0.1, 0.15) is 5.56 Å². The van der Waals surface area contributed by atoms with Crippen molar-refractivity contribution in [1.29, 1.82) is 0 Å². The normalized spacial score (nSPS) is 10.8. The molecule has 3 rings (SSSR count). The molecule has 0 atom stereocenters. The van der Waals surface area contributed by atoms with Crippen LogP contribution in [0.3, 0.4) is 0 Å². The molecule has 2 heterocycles. The molecule has 1 N–H and O–H groups in total. The van der Waals surface area contributed by atoms with Crippen molar-refractivity contribution in [3.05, 3.63) is 52.6 Å². The second-order valence-electron chi connectivity index (χ2n) is 4.61. The van der Waals surface area contributed by atoms with Crippen LogP contribution in [0.4, 0.5) is 5.95 Å². The van der Waals surface area contributed by atoms with Crippen LogP contribution in [-0.2, 0) is 6.42 Å². The largest absolute Gasteiger partial charge is 0.497 e. The first-order chi connectivity index (χ1) is 10.2. The van der Waals surface area contributed by atoms with E-state index in [9.17, 15) is 0 Å². The summed E-state index contributed by atoms with van der Waals surface area (Å²) in [6.07, 6.45) is 2.77. The lowest BCUT2D eigenvalue weighted by atomic mass is 10.1. The number of nitrogens with zero attached hydrogens (tertiary/aromatic N) is 3. The van der Waals surface area contributed by atoms with Crippen molar-refractivity contribution in [2.45, 2.75) is 6.42 Å². The summed E-state index contributed by atoms with van der Waals surface area (Å²) >= 11 is 3.42. The molecule has 2 aromatic heterocycles. The fraction of sp³-hybridized carbons (Fsp3) is 0.200. The Kier molecular flexibility index (Phi) is 4.06. The van der Waals surface area contributed by atoms with Crippen LogP contribution in [0.2, 0.25) is 0 Å². The van der Waals surface area contributed by atoms with Crippen molar-refractivity contribution in [1.82, 2.24) is 14.6 Å². The number of anilines is 1. The molecule has 0 aliphatic carbocycles. The first kappa shape index (κ1) is 13.9. The Bertz CT molecular complexity index is 756. The Balaban J connectivity index is 1.63. The minimum absolute atomic E-state index is 0.635. The lowest BCUT2D eigenvalue weighted by Gasteiger charge is -2.04. The zero-order valence-corrected chi connectivity index (χ0v) is 13.2. The van der Waals surface area contributed by atoms with Crippen LogP contribution in [-0.4, -0.2) is 28.3 Å². The van der Waals surface area contributed by atoms with Crippen LogP contribution < -0.4 is 10.1 Å². The lowest BCUT2D eigenvalue weighted by Crippen LogP contribution is -2.06. The van der Waals surface area contributed by atoms with Gasteiger partial charge in [-0.1, -0.05) is 12.1 Å². The molecule has 3 aromatic rings. The second kappa shape index (κ2) is 6.13. The molecule has 5 nitrogen and oxygen atoms in total. The average Bonchev–Trinajstić information content (AvgIpc) is 2.89. The van der Waals surface area contributed by atoms with Crippen molar-refractivity contribution < 1.29 is 4.74 Å². The summed E-state index contributed by atoms with van der Waals surface area (Å²) in [4.78, 5) is 4.41. The first-order valence-electron chi connectivity index (χ1n) is 6.63. The summed E-state index contributed by atoms with van der Waals surface area (Å²) in [5, 5.41) is 7.62. The Labute approximate surface area is 131 Å². The summed E-state index contributed by atoms with van der Waals surface area (Å²) in [6.45, 7) is 0.769. The van der Waals surface area contributed by atoms with Gasteiger partial charge in [-0.15, -0.1) is 5.10 Å². The Morgan fingerprint density at radius 1 is 1.29 bits per heavy atom. The maximum Gasteiger partial charge on any atom is 0.243 e. The average molecular weight is 347 g/mol. The van der Waals surface area contributed by atoms with Gasteiger partial charge >= 0.3 is 0 Å². The van der Waals surface area contributed by atoms with Crippen LogP contribution in [0.5, 0.6) is 5.75 Å². The van der Waals surface area contributed by atoms with E-state index in [1.807, 2.05) is 36.5 Å². The number of fused-ring (bicyclic) bond motifs is 1. The third-order valence-corrected chi connectivity index (χ3v) is 3.59. The van der Waals surface area contributed by atoms with Gasteiger partial charge in [0.1, 0.15) is 5.75 Å². The van der Waals surface area contributed by atoms with E-state index in [0.717, 1.165) is 28.8 Å². The van der Waals surface area contributed by atoms with Crippen molar-refractivity contribution in [2.24, 2.45) is 0 Å². The quantitative estimate of drug-likeness (QED) is 0.770. The molecule has 0 radical (unpaired) electrons. The molecule has 0 saturated carbocycles. The first-order valence-corrected chi connectivity index (χ1v) is 7.42. The Morgan fingerprint density at radius 2 is 2.19 bits per heavy atom. The molecule has 6 heteroatoms. The van der Waals surface area contributed by atoms with E-state index < -0.39 is 0 Å². The number of rotatable bonds is 5. The Morgan fingerprint density at radius 3 is 3.05 bits per heavy atom. The number of methoxy groups -OCH3 is 1. The Hall–Kier alpha value is -2.08. The predicted octanol–water partition coefficient (Wildman–Crippen LogP) is 3.16. The monoisotopic (exact) mass is 346 g/mol. The highest BCUT2D eigenvalue weighted by Crippen LogP contribution is 2.14. The number of aromatic nitrogens is 3. The molecule has 0 spiro atoms. The van der Waals surface area contributed by atoms with E-state index in [4.69, 9.17) is 4.74 Å². The molecular formula is C15H15BrN4O. The zero-order chi connectivity index (χ0) is 14.7. The fourth-order valence-electron chi connectivity index (χ4n) is 2.08. The van der Waals surface area contributed by atoms with Gasteiger partial charge in [-0.05, 0) is 52.2 Å². The highest BCUT2D eigenvalue weighted by Gasteiger charge is 2.03. The van der Waals surface area contributed by atoms with E-state index in [0.29, 0.717) is 5.95 Å². The van der Waals surface area contributed by atoms with Crippen LogP contribution >= 0.6 is 15.9 Å². The van der Waals surface area contributed by atoms with E-state index in [-0.39, 0.29) is 0 Å². The van der Waals surface area contributed by atoms with Crippen LogP contribution in [0.15, 0.2) is 47.1 Å². The SMILES string of the molecule is COc1cccc(CCNc2nc3ccc(Br)cn3n2)c1. The number of ether oxygens (including phenoxy) is 1.